The second-order valence-corrected chi connectivity index (χ2v) is 6.28. The highest BCUT2D eigenvalue weighted by Gasteiger charge is 2.07. The van der Waals surface area contributed by atoms with Gasteiger partial charge in [-0.2, -0.15) is 0 Å². The van der Waals surface area contributed by atoms with Crippen LogP contribution in [0, 0.1) is 5.92 Å². The van der Waals surface area contributed by atoms with E-state index >= 15 is 0 Å². The summed E-state index contributed by atoms with van der Waals surface area (Å²) in [5.74, 6) is 0.0825. The van der Waals surface area contributed by atoms with Crippen LogP contribution in [0.5, 0.6) is 0 Å². The second-order valence-electron chi connectivity index (χ2n) is 6.28. The van der Waals surface area contributed by atoms with Gasteiger partial charge in [-0.25, -0.2) is 0 Å². The zero-order valence-electron chi connectivity index (χ0n) is 14.7. The summed E-state index contributed by atoms with van der Waals surface area (Å²) in [6.07, 6.45) is 6.39. The van der Waals surface area contributed by atoms with Crippen molar-refractivity contribution in [3.63, 3.8) is 0 Å². The zero-order valence-corrected chi connectivity index (χ0v) is 14.7. The van der Waals surface area contributed by atoms with E-state index < -0.39 is 0 Å². The van der Waals surface area contributed by atoms with E-state index in [1.807, 2.05) is 38.1 Å². The number of benzene rings is 1. The number of carbonyl (C=O) groups is 2. The van der Waals surface area contributed by atoms with E-state index in [4.69, 9.17) is 0 Å². The fourth-order valence-corrected chi connectivity index (χ4v) is 2.17. The molecule has 4 heteroatoms. The number of hydrogen-bond acceptors (Lipinski definition) is 2. The van der Waals surface area contributed by atoms with E-state index in [9.17, 15) is 9.59 Å². The van der Waals surface area contributed by atoms with Crippen molar-refractivity contribution in [3.05, 3.63) is 29.8 Å². The van der Waals surface area contributed by atoms with Crippen molar-refractivity contribution in [2.45, 2.75) is 65.8 Å². The first-order valence-electron chi connectivity index (χ1n) is 8.69. The molecule has 0 atom stereocenters. The Balaban J connectivity index is 2.27. The maximum Gasteiger partial charge on any atom is 0.226 e. The lowest BCUT2D eigenvalue weighted by atomic mass is 10.1. The van der Waals surface area contributed by atoms with Gasteiger partial charge >= 0.3 is 0 Å². The number of amides is 2. The average molecular weight is 318 g/mol. The van der Waals surface area contributed by atoms with Crippen LogP contribution in [0.3, 0.4) is 0 Å². The number of carbonyl (C=O) groups excluding carboxylic acids is 2. The molecule has 0 aliphatic rings. The van der Waals surface area contributed by atoms with Crippen LogP contribution >= 0.6 is 0 Å². The lowest BCUT2D eigenvalue weighted by Crippen LogP contribution is -2.22. The highest BCUT2D eigenvalue weighted by Crippen LogP contribution is 2.11. The van der Waals surface area contributed by atoms with Crippen molar-refractivity contribution in [2.24, 2.45) is 5.92 Å². The van der Waals surface area contributed by atoms with Gasteiger partial charge in [-0.1, -0.05) is 58.6 Å². The van der Waals surface area contributed by atoms with E-state index in [2.05, 4.69) is 17.6 Å². The van der Waals surface area contributed by atoms with E-state index in [0.29, 0.717) is 13.0 Å². The molecule has 0 spiro atoms. The molecular formula is C19H30N2O2. The Morgan fingerprint density at radius 2 is 1.65 bits per heavy atom. The summed E-state index contributed by atoms with van der Waals surface area (Å²) in [5, 5.41) is 5.79. The highest BCUT2D eigenvalue weighted by atomic mass is 16.2. The van der Waals surface area contributed by atoms with Crippen LogP contribution in [-0.2, 0) is 16.1 Å². The Morgan fingerprint density at radius 3 is 2.26 bits per heavy atom. The molecule has 0 aromatic heterocycles. The largest absolute Gasteiger partial charge is 0.352 e. The van der Waals surface area contributed by atoms with Crippen molar-refractivity contribution in [1.82, 2.24) is 5.32 Å². The molecule has 1 aromatic carbocycles. The fourth-order valence-electron chi connectivity index (χ4n) is 2.17. The van der Waals surface area contributed by atoms with Crippen LogP contribution < -0.4 is 10.6 Å². The molecule has 23 heavy (non-hydrogen) atoms. The molecule has 0 radical (unpaired) electrons. The van der Waals surface area contributed by atoms with Gasteiger partial charge in [0, 0.05) is 24.6 Å². The molecule has 0 bridgehead atoms. The third-order valence-electron chi connectivity index (χ3n) is 3.74. The molecule has 2 N–H and O–H groups in total. The van der Waals surface area contributed by atoms with Crippen molar-refractivity contribution in [3.8, 4) is 0 Å². The average Bonchev–Trinajstić information content (AvgIpc) is 2.54. The Hall–Kier alpha value is -1.84. The standard InChI is InChI=1S/C19H30N2O2/c1-4-5-6-7-8-9-18(22)20-14-16-10-12-17(13-11-16)21-19(23)15(2)3/h10-13,15H,4-9,14H2,1-3H3,(H,20,22)(H,21,23). The van der Waals surface area contributed by atoms with E-state index in [0.717, 1.165) is 24.1 Å². The zero-order chi connectivity index (χ0) is 17.1. The third-order valence-corrected chi connectivity index (χ3v) is 3.74. The van der Waals surface area contributed by atoms with Gasteiger partial charge in [0.2, 0.25) is 11.8 Å². The number of nitrogens with one attached hydrogen (secondary N) is 2. The Kier molecular flexibility index (Phi) is 9.03. The van der Waals surface area contributed by atoms with Gasteiger partial charge in [-0.15, -0.1) is 0 Å². The lowest BCUT2D eigenvalue weighted by Gasteiger charge is -2.09. The summed E-state index contributed by atoms with van der Waals surface area (Å²) in [6.45, 7) is 6.45. The van der Waals surface area contributed by atoms with Crippen LogP contribution in [0.15, 0.2) is 24.3 Å². The van der Waals surface area contributed by atoms with Gasteiger partial charge in [-0.05, 0) is 24.1 Å². The molecule has 0 aliphatic heterocycles. The number of hydrogen-bond donors (Lipinski definition) is 2. The fraction of sp³-hybridized carbons (Fsp3) is 0.579. The Bertz CT molecular complexity index is 481. The van der Waals surface area contributed by atoms with Crippen LogP contribution in [0.2, 0.25) is 0 Å². The van der Waals surface area contributed by atoms with Crippen LogP contribution in [-0.4, -0.2) is 11.8 Å². The van der Waals surface area contributed by atoms with Crippen molar-refractivity contribution < 1.29 is 9.59 Å². The summed E-state index contributed by atoms with van der Waals surface area (Å²) < 4.78 is 0. The molecule has 0 heterocycles. The first-order chi connectivity index (χ1) is 11.0. The SMILES string of the molecule is CCCCCCCC(=O)NCc1ccc(NC(=O)C(C)C)cc1. The second kappa shape index (κ2) is 10.8. The molecule has 1 aromatic rings. The van der Waals surface area contributed by atoms with E-state index in [1.165, 1.54) is 19.3 Å². The minimum absolute atomic E-state index is 0.00845. The number of anilines is 1. The molecule has 128 valence electrons. The molecule has 0 aliphatic carbocycles. The van der Waals surface area contributed by atoms with Gasteiger partial charge < -0.3 is 10.6 Å². The maximum absolute atomic E-state index is 11.8. The lowest BCUT2D eigenvalue weighted by molar-refractivity contribution is -0.121. The Labute approximate surface area is 140 Å². The minimum Gasteiger partial charge on any atom is -0.352 e. The predicted molar refractivity (Wildman–Crippen MR) is 95.1 cm³/mol. The number of rotatable bonds is 10. The summed E-state index contributed by atoms with van der Waals surface area (Å²) >= 11 is 0. The van der Waals surface area contributed by atoms with Gasteiger partial charge in [-0.3, -0.25) is 9.59 Å². The van der Waals surface area contributed by atoms with Gasteiger partial charge in [0.1, 0.15) is 0 Å². The van der Waals surface area contributed by atoms with Crippen molar-refractivity contribution >= 4 is 17.5 Å². The third kappa shape index (κ3) is 8.38. The van der Waals surface area contributed by atoms with Crippen LogP contribution in [0.1, 0.15) is 64.9 Å². The number of unbranched alkanes of at least 4 members (excludes halogenated alkanes) is 4. The molecule has 0 unspecified atom stereocenters. The molecule has 0 saturated heterocycles. The van der Waals surface area contributed by atoms with E-state index in [1.54, 1.807) is 0 Å². The van der Waals surface area contributed by atoms with Gasteiger partial charge in [0.25, 0.3) is 0 Å². The molecular weight excluding hydrogens is 288 g/mol. The monoisotopic (exact) mass is 318 g/mol. The maximum atomic E-state index is 11.8. The smallest absolute Gasteiger partial charge is 0.226 e. The summed E-state index contributed by atoms with van der Waals surface area (Å²) in [6, 6.07) is 7.59. The minimum atomic E-state index is -0.0358. The predicted octanol–water partition coefficient (Wildman–Crippen LogP) is 4.26. The van der Waals surface area contributed by atoms with Gasteiger partial charge in [0.05, 0.1) is 0 Å². The van der Waals surface area contributed by atoms with E-state index in [-0.39, 0.29) is 17.7 Å². The molecule has 1 rings (SSSR count). The molecule has 2 amide bonds. The first kappa shape index (κ1) is 19.2. The highest BCUT2D eigenvalue weighted by molar-refractivity contribution is 5.92. The summed E-state index contributed by atoms with van der Waals surface area (Å²) in [4.78, 5) is 23.4. The molecule has 0 saturated carbocycles. The Morgan fingerprint density at radius 1 is 1.00 bits per heavy atom. The van der Waals surface area contributed by atoms with Gasteiger partial charge in [0.15, 0.2) is 0 Å². The summed E-state index contributed by atoms with van der Waals surface area (Å²) in [7, 11) is 0. The van der Waals surface area contributed by atoms with Crippen LogP contribution in [0.4, 0.5) is 5.69 Å². The summed E-state index contributed by atoms with van der Waals surface area (Å²) in [5.41, 5.74) is 1.82. The van der Waals surface area contributed by atoms with Crippen molar-refractivity contribution in [1.29, 1.82) is 0 Å². The van der Waals surface area contributed by atoms with Crippen LogP contribution in [0.25, 0.3) is 0 Å². The quantitative estimate of drug-likeness (QED) is 0.633. The normalized spacial score (nSPS) is 10.6. The first-order valence-corrected chi connectivity index (χ1v) is 8.69. The topological polar surface area (TPSA) is 58.2 Å². The van der Waals surface area contributed by atoms with Crippen molar-refractivity contribution in [2.75, 3.05) is 5.32 Å². The molecule has 0 fully saturated rings. The molecule has 4 nitrogen and oxygen atoms in total.